The van der Waals surface area contributed by atoms with Crippen LogP contribution < -0.4 is 15.4 Å². The minimum atomic E-state index is -0.322. The van der Waals surface area contributed by atoms with E-state index in [0.29, 0.717) is 24.7 Å². The Morgan fingerprint density at radius 1 is 1.39 bits per heavy atom. The maximum absolute atomic E-state index is 12.1. The first kappa shape index (κ1) is 16.8. The summed E-state index contributed by atoms with van der Waals surface area (Å²) >= 11 is 0. The number of amides is 2. The number of ether oxygens (including phenoxy) is 1. The molecule has 2 aromatic heterocycles. The van der Waals surface area contributed by atoms with Crippen LogP contribution in [0.1, 0.15) is 18.7 Å². The zero-order valence-corrected chi connectivity index (χ0v) is 13.6. The van der Waals surface area contributed by atoms with Gasteiger partial charge in [0.15, 0.2) is 0 Å². The van der Waals surface area contributed by atoms with Crippen molar-refractivity contribution in [3.05, 3.63) is 42.5 Å². The number of rotatable bonds is 7. The van der Waals surface area contributed by atoms with Crippen molar-refractivity contribution in [2.24, 2.45) is 0 Å². The molecule has 23 heavy (non-hydrogen) atoms. The van der Waals surface area contributed by atoms with E-state index in [-0.39, 0.29) is 12.1 Å². The Balaban J connectivity index is 1.94. The minimum Gasteiger partial charge on any atom is -0.476 e. The van der Waals surface area contributed by atoms with Crippen LogP contribution in [0.3, 0.4) is 0 Å². The van der Waals surface area contributed by atoms with Crippen molar-refractivity contribution in [1.82, 2.24) is 15.2 Å². The highest BCUT2D eigenvalue weighted by molar-refractivity contribution is 5.90. The van der Waals surface area contributed by atoms with Crippen LogP contribution in [0.5, 0.6) is 5.88 Å². The number of nitrogens with one attached hydrogen (secondary N) is 2. The average Bonchev–Trinajstić information content (AvgIpc) is 3.03. The quantitative estimate of drug-likeness (QED) is 0.820. The monoisotopic (exact) mass is 318 g/mol. The fraction of sp³-hybridized carbons (Fsp3) is 0.375. The van der Waals surface area contributed by atoms with Crippen LogP contribution >= 0.6 is 0 Å². The van der Waals surface area contributed by atoms with Gasteiger partial charge < -0.3 is 19.8 Å². The number of carbonyl (C=O) groups is 1. The summed E-state index contributed by atoms with van der Waals surface area (Å²) in [4.78, 5) is 18.2. The third kappa shape index (κ3) is 4.72. The summed E-state index contributed by atoms with van der Waals surface area (Å²) < 4.78 is 10.8. The number of furan rings is 1. The van der Waals surface area contributed by atoms with Gasteiger partial charge >= 0.3 is 6.03 Å². The van der Waals surface area contributed by atoms with E-state index in [9.17, 15) is 4.79 Å². The number of pyridine rings is 1. The molecular formula is C16H22N4O3. The Kier molecular flexibility index (Phi) is 5.99. The standard InChI is InChI=1S/C16H22N4O3/c1-4-22-15-12(7-5-9-17-15)19-16(21)18-11-13(20(2)3)14-8-6-10-23-14/h5-10,13H,4,11H2,1-3H3,(H2,18,19,21)/t13-/m1/s1. The predicted octanol–water partition coefficient (Wildman–Crippen LogP) is 2.50. The number of hydrogen-bond acceptors (Lipinski definition) is 5. The summed E-state index contributed by atoms with van der Waals surface area (Å²) in [5.74, 6) is 1.20. The number of hydrogen-bond donors (Lipinski definition) is 2. The highest BCUT2D eigenvalue weighted by atomic mass is 16.5. The van der Waals surface area contributed by atoms with Gasteiger partial charge in [-0.25, -0.2) is 9.78 Å². The van der Waals surface area contributed by atoms with Crippen LogP contribution in [0.2, 0.25) is 0 Å². The van der Waals surface area contributed by atoms with Gasteiger partial charge in [-0.2, -0.15) is 0 Å². The summed E-state index contributed by atoms with van der Waals surface area (Å²) in [6.07, 6.45) is 3.24. The van der Waals surface area contributed by atoms with Crippen molar-refractivity contribution in [2.45, 2.75) is 13.0 Å². The SMILES string of the molecule is CCOc1ncccc1NC(=O)NC[C@H](c1ccco1)N(C)C. The molecule has 2 rings (SSSR count). The molecule has 0 aromatic carbocycles. The Morgan fingerprint density at radius 2 is 2.22 bits per heavy atom. The van der Waals surface area contributed by atoms with E-state index in [1.807, 2.05) is 38.1 Å². The molecule has 7 nitrogen and oxygen atoms in total. The van der Waals surface area contributed by atoms with E-state index in [0.717, 1.165) is 5.76 Å². The molecule has 2 amide bonds. The maximum Gasteiger partial charge on any atom is 0.319 e. The molecule has 0 saturated heterocycles. The van der Waals surface area contributed by atoms with Crippen LogP contribution in [0.15, 0.2) is 41.1 Å². The van der Waals surface area contributed by atoms with Crippen LogP contribution in [0, 0.1) is 0 Å². The van der Waals surface area contributed by atoms with Crippen LogP contribution in [0.4, 0.5) is 10.5 Å². The molecule has 2 heterocycles. The third-order valence-electron chi connectivity index (χ3n) is 3.25. The number of aromatic nitrogens is 1. The van der Waals surface area contributed by atoms with Crippen molar-refractivity contribution < 1.29 is 13.9 Å². The topological polar surface area (TPSA) is 79.6 Å². The van der Waals surface area contributed by atoms with Crippen molar-refractivity contribution in [1.29, 1.82) is 0 Å². The number of likely N-dealkylation sites (N-methyl/N-ethyl adjacent to an activating group) is 1. The van der Waals surface area contributed by atoms with Crippen LogP contribution in [0.25, 0.3) is 0 Å². The summed E-state index contributed by atoms with van der Waals surface area (Å²) in [7, 11) is 3.86. The average molecular weight is 318 g/mol. The summed E-state index contributed by atoms with van der Waals surface area (Å²) in [6, 6.07) is 6.83. The lowest BCUT2D eigenvalue weighted by Gasteiger charge is -2.22. The molecule has 0 spiro atoms. The van der Waals surface area contributed by atoms with E-state index in [1.165, 1.54) is 0 Å². The van der Waals surface area contributed by atoms with Gasteiger partial charge in [0.1, 0.15) is 11.4 Å². The first-order chi connectivity index (χ1) is 11.1. The molecule has 0 radical (unpaired) electrons. The van der Waals surface area contributed by atoms with E-state index >= 15 is 0 Å². The van der Waals surface area contributed by atoms with E-state index in [4.69, 9.17) is 9.15 Å². The molecule has 124 valence electrons. The molecule has 0 aliphatic carbocycles. The second-order valence-electron chi connectivity index (χ2n) is 5.12. The van der Waals surface area contributed by atoms with E-state index in [1.54, 1.807) is 24.6 Å². The van der Waals surface area contributed by atoms with Crippen molar-refractivity contribution >= 4 is 11.7 Å². The van der Waals surface area contributed by atoms with Gasteiger partial charge in [0.2, 0.25) is 5.88 Å². The van der Waals surface area contributed by atoms with Gasteiger partial charge in [0, 0.05) is 12.7 Å². The van der Waals surface area contributed by atoms with Gasteiger partial charge in [0.25, 0.3) is 0 Å². The molecule has 0 bridgehead atoms. The normalized spacial score (nSPS) is 12.0. The van der Waals surface area contributed by atoms with Gasteiger partial charge in [-0.1, -0.05) is 0 Å². The van der Waals surface area contributed by atoms with Crippen molar-refractivity contribution in [2.75, 3.05) is 32.6 Å². The zero-order valence-electron chi connectivity index (χ0n) is 13.6. The summed E-state index contributed by atoms with van der Waals surface area (Å²) in [6.45, 7) is 2.76. The molecule has 2 aromatic rings. The fourth-order valence-corrected chi connectivity index (χ4v) is 2.11. The number of carbonyl (C=O) groups excluding carboxylic acids is 1. The van der Waals surface area contributed by atoms with E-state index < -0.39 is 0 Å². The number of nitrogens with zero attached hydrogens (tertiary/aromatic N) is 2. The highest BCUT2D eigenvalue weighted by Gasteiger charge is 2.18. The molecular weight excluding hydrogens is 296 g/mol. The smallest absolute Gasteiger partial charge is 0.319 e. The molecule has 7 heteroatoms. The summed E-state index contributed by atoms with van der Waals surface area (Å²) in [5.41, 5.74) is 0.534. The Morgan fingerprint density at radius 3 is 2.87 bits per heavy atom. The third-order valence-corrected chi connectivity index (χ3v) is 3.25. The van der Waals surface area contributed by atoms with Gasteiger partial charge in [-0.05, 0) is 45.3 Å². The van der Waals surface area contributed by atoms with Crippen molar-refractivity contribution in [3.63, 3.8) is 0 Å². The maximum atomic E-state index is 12.1. The molecule has 0 unspecified atom stereocenters. The molecule has 0 aliphatic rings. The van der Waals surface area contributed by atoms with Crippen LogP contribution in [-0.2, 0) is 0 Å². The van der Waals surface area contributed by atoms with Gasteiger partial charge in [-0.15, -0.1) is 0 Å². The fourth-order valence-electron chi connectivity index (χ4n) is 2.11. The molecule has 0 saturated carbocycles. The highest BCUT2D eigenvalue weighted by Crippen LogP contribution is 2.21. The van der Waals surface area contributed by atoms with Gasteiger partial charge in [-0.3, -0.25) is 4.90 Å². The second kappa shape index (κ2) is 8.19. The largest absolute Gasteiger partial charge is 0.476 e. The molecule has 1 atom stereocenters. The second-order valence-corrected chi connectivity index (χ2v) is 5.12. The molecule has 0 aliphatic heterocycles. The Bertz CT molecular complexity index is 614. The first-order valence-corrected chi connectivity index (χ1v) is 7.44. The summed E-state index contributed by atoms with van der Waals surface area (Å²) in [5, 5.41) is 5.58. The Hall–Kier alpha value is -2.54. The van der Waals surface area contributed by atoms with Gasteiger partial charge in [0.05, 0.1) is 18.9 Å². The number of anilines is 1. The molecule has 2 N–H and O–H groups in total. The lowest BCUT2D eigenvalue weighted by molar-refractivity contribution is 0.233. The lowest BCUT2D eigenvalue weighted by Crippen LogP contribution is -2.36. The zero-order chi connectivity index (χ0) is 16.7. The van der Waals surface area contributed by atoms with E-state index in [2.05, 4.69) is 15.6 Å². The van der Waals surface area contributed by atoms with Crippen LogP contribution in [-0.4, -0.2) is 43.2 Å². The predicted molar refractivity (Wildman–Crippen MR) is 87.6 cm³/mol. The Labute approximate surface area is 135 Å². The number of urea groups is 1. The molecule has 0 fully saturated rings. The minimum absolute atomic E-state index is 0.0454. The first-order valence-electron chi connectivity index (χ1n) is 7.44. The van der Waals surface area contributed by atoms with Crippen molar-refractivity contribution in [3.8, 4) is 5.88 Å². The lowest BCUT2D eigenvalue weighted by atomic mass is 10.2.